The second-order valence-electron chi connectivity index (χ2n) is 4.82. The van der Waals surface area contributed by atoms with E-state index >= 15 is 0 Å². The number of carbonyl (C=O) groups is 2. The highest BCUT2D eigenvalue weighted by molar-refractivity contribution is 7.15. The number of nitrogens with zero attached hydrogens (tertiary/aromatic N) is 2. The number of carbonyl (C=O) groups excluding carboxylic acids is 1. The maximum Gasteiger partial charge on any atom is 0.312 e. The van der Waals surface area contributed by atoms with Crippen molar-refractivity contribution in [2.24, 2.45) is 0 Å². The maximum absolute atomic E-state index is 11.3. The number of amides is 1. The van der Waals surface area contributed by atoms with Gasteiger partial charge in [-0.05, 0) is 12.8 Å². The number of rotatable bonds is 2. The molecule has 1 aliphatic carbocycles. The summed E-state index contributed by atoms with van der Waals surface area (Å²) in [6, 6.07) is 0. The molecule has 2 aliphatic rings. The molecule has 1 fully saturated rings. The van der Waals surface area contributed by atoms with Gasteiger partial charge >= 0.3 is 5.97 Å². The van der Waals surface area contributed by atoms with Crippen LogP contribution in [0.1, 0.15) is 29.3 Å². The summed E-state index contributed by atoms with van der Waals surface area (Å²) < 4.78 is 0. The molecule has 1 aliphatic heterocycles. The smallest absolute Gasteiger partial charge is 0.312 e. The molecule has 1 aromatic heterocycles. The number of nitrogens with one attached hydrogen (secondary N) is 1. The zero-order valence-electron chi connectivity index (χ0n) is 10.4. The summed E-state index contributed by atoms with van der Waals surface area (Å²) in [5.74, 6) is -1.18. The largest absolute Gasteiger partial charge is 0.481 e. The van der Waals surface area contributed by atoms with Crippen LogP contribution < -0.4 is 10.2 Å². The van der Waals surface area contributed by atoms with Gasteiger partial charge in [0, 0.05) is 30.9 Å². The maximum atomic E-state index is 11.3. The van der Waals surface area contributed by atoms with Crippen LogP contribution in [0.25, 0.3) is 0 Å². The van der Waals surface area contributed by atoms with Gasteiger partial charge in [0.15, 0.2) is 5.13 Å². The van der Waals surface area contributed by atoms with Gasteiger partial charge in [0.05, 0.1) is 5.69 Å². The Hall–Kier alpha value is -1.63. The van der Waals surface area contributed by atoms with Gasteiger partial charge in [-0.3, -0.25) is 9.59 Å². The number of hydrogen-bond donors (Lipinski definition) is 2. The second kappa shape index (κ2) is 4.80. The number of carboxylic acids is 1. The Bertz CT molecular complexity index is 528. The van der Waals surface area contributed by atoms with E-state index in [1.54, 1.807) is 11.3 Å². The molecule has 0 aromatic carbocycles. The van der Waals surface area contributed by atoms with Crippen LogP contribution in [0.2, 0.25) is 0 Å². The quantitative estimate of drug-likeness (QED) is 0.829. The van der Waals surface area contributed by atoms with Crippen LogP contribution in [-0.4, -0.2) is 41.6 Å². The molecule has 1 saturated heterocycles. The first-order chi connectivity index (χ1) is 9.15. The normalized spacial score (nSPS) is 22.8. The Balaban J connectivity index is 1.81. The molecule has 0 bridgehead atoms. The fraction of sp³-hybridized carbons (Fsp3) is 0.583. The molecule has 1 amide bonds. The number of anilines is 1. The van der Waals surface area contributed by atoms with Crippen molar-refractivity contribution in [3.05, 3.63) is 10.6 Å². The van der Waals surface area contributed by atoms with E-state index in [0.717, 1.165) is 28.7 Å². The van der Waals surface area contributed by atoms with Crippen molar-refractivity contribution in [1.82, 2.24) is 10.3 Å². The summed E-state index contributed by atoms with van der Waals surface area (Å²) >= 11 is 1.57. The summed E-state index contributed by atoms with van der Waals surface area (Å²) in [6.07, 6.45) is 1.92. The number of fused-ring (bicyclic) bond motifs is 1. The molecule has 3 rings (SSSR count). The van der Waals surface area contributed by atoms with Gasteiger partial charge in [-0.25, -0.2) is 4.98 Å². The van der Waals surface area contributed by atoms with E-state index in [4.69, 9.17) is 5.11 Å². The van der Waals surface area contributed by atoms with E-state index in [2.05, 4.69) is 15.2 Å². The first kappa shape index (κ1) is 12.4. The van der Waals surface area contributed by atoms with Gasteiger partial charge in [0.1, 0.15) is 5.92 Å². The highest BCUT2D eigenvalue weighted by atomic mass is 32.1. The molecule has 2 heterocycles. The Kier molecular flexibility index (Phi) is 3.14. The minimum atomic E-state index is -0.789. The van der Waals surface area contributed by atoms with Crippen LogP contribution in [-0.2, 0) is 16.0 Å². The lowest BCUT2D eigenvalue weighted by atomic mass is 10.1. The van der Waals surface area contributed by atoms with Crippen LogP contribution in [0.5, 0.6) is 0 Å². The fourth-order valence-electron chi connectivity index (χ4n) is 2.55. The van der Waals surface area contributed by atoms with Crippen molar-refractivity contribution < 1.29 is 14.7 Å². The summed E-state index contributed by atoms with van der Waals surface area (Å²) in [5.41, 5.74) is 0.732. The van der Waals surface area contributed by atoms with Crippen LogP contribution in [0.15, 0.2) is 0 Å². The van der Waals surface area contributed by atoms with Gasteiger partial charge in [0.25, 0.3) is 0 Å². The lowest BCUT2D eigenvalue weighted by molar-refractivity contribution is -0.138. The second-order valence-corrected chi connectivity index (χ2v) is 5.88. The topological polar surface area (TPSA) is 82.5 Å². The molecule has 0 saturated carbocycles. The van der Waals surface area contributed by atoms with Crippen molar-refractivity contribution in [3.63, 3.8) is 0 Å². The zero-order chi connectivity index (χ0) is 13.4. The molecule has 1 aromatic rings. The average molecular weight is 281 g/mol. The molecular formula is C12H15N3O3S. The first-order valence-electron chi connectivity index (χ1n) is 6.39. The number of hydrogen-bond acceptors (Lipinski definition) is 5. The molecule has 19 heavy (non-hydrogen) atoms. The molecule has 7 heteroatoms. The molecule has 6 nitrogen and oxygen atoms in total. The van der Waals surface area contributed by atoms with E-state index in [1.807, 2.05) is 0 Å². The predicted octanol–water partition coefficient (Wildman–Crippen LogP) is 0.584. The van der Waals surface area contributed by atoms with Crippen molar-refractivity contribution in [2.45, 2.75) is 25.2 Å². The van der Waals surface area contributed by atoms with Crippen molar-refractivity contribution in [3.8, 4) is 0 Å². The third kappa shape index (κ3) is 2.30. The number of aromatic nitrogens is 1. The number of carboxylic acid groups (broad SMARTS) is 1. The number of thiazole rings is 1. The molecule has 1 unspecified atom stereocenters. The van der Waals surface area contributed by atoms with Gasteiger partial charge < -0.3 is 15.3 Å². The summed E-state index contributed by atoms with van der Waals surface area (Å²) in [6.45, 7) is 2.00. The average Bonchev–Trinajstić information content (AvgIpc) is 2.86. The number of aryl methyl sites for hydroxylation is 1. The molecule has 0 radical (unpaired) electrons. The van der Waals surface area contributed by atoms with Crippen LogP contribution in [0.3, 0.4) is 0 Å². The van der Waals surface area contributed by atoms with Crippen LogP contribution >= 0.6 is 11.3 Å². The molecule has 102 valence electrons. The van der Waals surface area contributed by atoms with Crippen LogP contribution in [0, 0.1) is 0 Å². The summed E-state index contributed by atoms with van der Waals surface area (Å²) in [4.78, 5) is 30.1. The minimum Gasteiger partial charge on any atom is -0.481 e. The van der Waals surface area contributed by atoms with Gasteiger partial charge in [-0.1, -0.05) is 0 Å². The van der Waals surface area contributed by atoms with Gasteiger partial charge in [0.2, 0.25) is 5.91 Å². The third-order valence-electron chi connectivity index (χ3n) is 3.59. The monoisotopic (exact) mass is 281 g/mol. The van der Waals surface area contributed by atoms with Crippen LogP contribution in [0.4, 0.5) is 5.13 Å². The predicted molar refractivity (Wildman–Crippen MR) is 70.7 cm³/mol. The SMILES string of the molecule is O=C1CCN(c2nc3c(s2)CCC3C(=O)O)CCN1. The lowest BCUT2D eigenvalue weighted by Gasteiger charge is -2.18. The van der Waals surface area contributed by atoms with E-state index in [0.29, 0.717) is 25.9 Å². The van der Waals surface area contributed by atoms with Gasteiger partial charge in [-0.2, -0.15) is 0 Å². The molecular weight excluding hydrogens is 266 g/mol. The summed E-state index contributed by atoms with van der Waals surface area (Å²) in [7, 11) is 0. The van der Waals surface area contributed by atoms with E-state index < -0.39 is 11.9 Å². The minimum absolute atomic E-state index is 0.0648. The van der Waals surface area contributed by atoms with Crippen molar-refractivity contribution in [2.75, 3.05) is 24.5 Å². The lowest BCUT2D eigenvalue weighted by Crippen LogP contribution is -2.28. The Labute approximate surface area is 114 Å². The van der Waals surface area contributed by atoms with E-state index in [9.17, 15) is 9.59 Å². The molecule has 1 atom stereocenters. The highest BCUT2D eigenvalue weighted by Gasteiger charge is 2.33. The van der Waals surface area contributed by atoms with E-state index in [-0.39, 0.29) is 5.91 Å². The van der Waals surface area contributed by atoms with Gasteiger partial charge in [-0.15, -0.1) is 11.3 Å². The van der Waals surface area contributed by atoms with Crippen molar-refractivity contribution in [1.29, 1.82) is 0 Å². The Morgan fingerprint density at radius 2 is 2.26 bits per heavy atom. The van der Waals surface area contributed by atoms with E-state index in [1.165, 1.54) is 0 Å². The highest BCUT2D eigenvalue weighted by Crippen LogP contribution is 2.39. The Morgan fingerprint density at radius 3 is 3.05 bits per heavy atom. The first-order valence-corrected chi connectivity index (χ1v) is 7.21. The standard InChI is InChI=1S/C12H15N3O3S/c16-9-3-5-15(6-4-13-9)12-14-10-7(11(17)18)1-2-8(10)19-12/h7H,1-6H2,(H,13,16)(H,17,18). The molecule has 0 spiro atoms. The fourth-order valence-corrected chi connectivity index (χ4v) is 3.74. The number of aliphatic carboxylic acids is 1. The third-order valence-corrected chi connectivity index (χ3v) is 4.78. The Morgan fingerprint density at radius 1 is 1.42 bits per heavy atom. The summed E-state index contributed by atoms with van der Waals surface area (Å²) in [5, 5.41) is 12.8. The van der Waals surface area contributed by atoms with Crippen molar-refractivity contribution >= 4 is 28.3 Å². The molecule has 2 N–H and O–H groups in total. The zero-order valence-corrected chi connectivity index (χ0v) is 11.2.